The second-order valence-electron chi connectivity index (χ2n) is 4.95. The van der Waals surface area contributed by atoms with Crippen LogP contribution in [-0.2, 0) is 6.54 Å². The van der Waals surface area contributed by atoms with Gasteiger partial charge in [-0.3, -0.25) is 4.79 Å². The van der Waals surface area contributed by atoms with Gasteiger partial charge >= 0.3 is 0 Å². The molecule has 0 aromatic heterocycles. The Hall–Kier alpha value is -2.33. The Labute approximate surface area is 124 Å². The molecular weight excluding hydrogens is 264 g/mol. The molecule has 2 aromatic carbocycles. The van der Waals surface area contributed by atoms with E-state index in [1.54, 1.807) is 12.1 Å². The van der Waals surface area contributed by atoms with Crippen molar-refractivity contribution in [2.45, 2.75) is 20.4 Å². The summed E-state index contributed by atoms with van der Waals surface area (Å²) in [5.74, 6) is -0.322. The summed E-state index contributed by atoms with van der Waals surface area (Å²) in [6.07, 6.45) is 0. The van der Waals surface area contributed by atoms with Crippen LogP contribution < -0.4 is 10.6 Å². The van der Waals surface area contributed by atoms with Crippen molar-refractivity contribution in [3.63, 3.8) is 0 Å². The first-order valence-electron chi connectivity index (χ1n) is 7.00. The number of carbonyl (C=O) groups excluding carboxylic acids is 1. The van der Waals surface area contributed by atoms with Crippen LogP contribution in [0.4, 0.5) is 5.69 Å². The van der Waals surface area contributed by atoms with Gasteiger partial charge in [0.05, 0.1) is 5.56 Å². The van der Waals surface area contributed by atoms with E-state index in [9.17, 15) is 9.90 Å². The second-order valence-corrected chi connectivity index (χ2v) is 4.95. The van der Waals surface area contributed by atoms with Gasteiger partial charge in [-0.1, -0.05) is 30.7 Å². The largest absolute Gasteiger partial charge is 0.507 e. The highest BCUT2D eigenvalue weighted by Gasteiger charge is 2.11. The number of hydrogen-bond acceptors (Lipinski definition) is 3. The molecule has 0 saturated carbocycles. The summed E-state index contributed by atoms with van der Waals surface area (Å²) in [5.41, 5.74) is 3.08. The first-order chi connectivity index (χ1) is 10.1. The maximum absolute atomic E-state index is 12.2. The van der Waals surface area contributed by atoms with Crippen LogP contribution in [-0.4, -0.2) is 17.6 Å². The number of anilines is 1. The SMILES string of the molecule is CCNCc1ccc(NC(=O)c2cc(C)ccc2O)cc1. The fourth-order valence-corrected chi connectivity index (χ4v) is 2.01. The zero-order chi connectivity index (χ0) is 15.2. The third-order valence-electron chi connectivity index (χ3n) is 3.19. The van der Waals surface area contributed by atoms with E-state index in [0.29, 0.717) is 5.69 Å². The molecule has 4 heteroatoms. The Morgan fingerprint density at radius 3 is 2.52 bits per heavy atom. The zero-order valence-electron chi connectivity index (χ0n) is 12.3. The fraction of sp³-hybridized carbons (Fsp3) is 0.235. The van der Waals surface area contributed by atoms with Crippen LogP contribution in [0.1, 0.15) is 28.4 Å². The lowest BCUT2D eigenvalue weighted by molar-refractivity contribution is 0.102. The molecule has 0 fully saturated rings. The predicted molar refractivity (Wildman–Crippen MR) is 84.6 cm³/mol. The summed E-state index contributed by atoms with van der Waals surface area (Å²) in [5, 5.41) is 15.8. The molecule has 0 aliphatic heterocycles. The van der Waals surface area contributed by atoms with E-state index in [0.717, 1.165) is 24.2 Å². The summed E-state index contributed by atoms with van der Waals surface area (Å²) in [6, 6.07) is 12.6. The van der Waals surface area contributed by atoms with E-state index in [1.807, 2.05) is 31.2 Å². The predicted octanol–water partition coefficient (Wildman–Crippen LogP) is 3.06. The highest BCUT2D eigenvalue weighted by molar-refractivity contribution is 6.06. The molecule has 0 atom stereocenters. The van der Waals surface area contributed by atoms with Gasteiger partial charge in [-0.25, -0.2) is 0 Å². The molecule has 110 valence electrons. The van der Waals surface area contributed by atoms with Crippen LogP contribution in [0, 0.1) is 6.92 Å². The number of aryl methyl sites for hydroxylation is 1. The van der Waals surface area contributed by atoms with Crippen molar-refractivity contribution >= 4 is 11.6 Å². The molecule has 0 heterocycles. The standard InChI is InChI=1S/C17H20N2O2/c1-3-18-11-13-5-7-14(8-6-13)19-17(21)15-10-12(2)4-9-16(15)20/h4-10,18,20H,3,11H2,1-2H3,(H,19,21). The van der Waals surface area contributed by atoms with E-state index < -0.39 is 0 Å². The molecule has 0 radical (unpaired) electrons. The van der Waals surface area contributed by atoms with Crippen LogP contribution in [0.3, 0.4) is 0 Å². The smallest absolute Gasteiger partial charge is 0.259 e. The molecule has 0 aliphatic rings. The first-order valence-corrected chi connectivity index (χ1v) is 7.00. The first kappa shape index (κ1) is 15.1. The lowest BCUT2D eigenvalue weighted by Crippen LogP contribution is -2.13. The number of phenols is 1. The van der Waals surface area contributed by atoms with Crippen molar-refractivity contribution < 1.29 is 9.90 Å². The number of aromatic hydroxyl groups is 1. The maximum atomic E-state index is 12.2. The molecule has 1 amide bonds. The van der Waals surface area contributed by atoms with Crippen LogP contribution in [0.25, 0.3) is 0 Å². The highest BCUT2D eigenvalue weighted by atomic mass is 16.3. The van der Waals surface area contributed by atoms with Crippen LogP contribution in [0.2, 0.25) is 0 Å². The minimum atomic E-state index is -0.310. The van der Waals surface area contributed by atoms with Crippen molar-refractivity contribution in [3.8, 4) is 5.75 Å². The Kier molecular flexibility index (Phi) is 4.95. The van der Waals surface area contributed by atoms with Crippen molar-refractivity contribution in [2.24, 2.45) is 0 Å². The highest BCUT2D eigenvalue weighted by Crippen LogP contribution is 2.20. The Morgan fingerprint density at radius 1 is 1.14 bits per heavy atom. The van der Waals surface area contributed by atoms with Gasteiger partial charge in [0.25, 0.3) is 5.91 Å². The monoisotopic (exact) mass is 284 g/mol. The molecule has 2 aromatic rings. The number of hydrogen-bond donors (Lipinski definition) is 3. The van der Waals surface area contributed by atoms with E-state index in [4.69, 9.17) is 0 Å². The Bertz CT molecular complexity index is 621. The fourth-order valence-electron chi connectivity index (χ4n) is 2.01. The number of nitrogens with one attached hydrogen (secondary N) is 2. The number of rotatable bonds is 5. The molecule has 0 unspecified atom stereocenters. The van der Waals surface area contributed by atoms with Gasteiger partial charge in [-0.2, -0.15) is 0 Å². The molecule has 4 nitrogen and oxygen atoms in total. The number of benzene rings is 2. The van der Waals surface area contributed by atoms with Crippen molar-refractivity contribution in [3.05, 3.63) is 59.2 Å². The normalized spacial score (nSPS) is 10.4. The molecule has 2 rings (SSSR count). The lowest BCUT2D eigenvalue weighted by Gasteiger charge is -2.09. The van der Waals surface area contributed by atoms with Gasteiger partial charge in [0, 0.05) is 12.2 Å². The van der Waals surface area contributed by atoms with Crippen LogP contribution in [0.15, 0.2) is 42.5 Å². The average molecular weight is 284 g/mol. The van der Waals surface area contributed by atoms with E-state index in [-0.39, 0.29) is 17.2 Å². The average Bonchev–Trinajstić information content (AvgIpc) is 2.49. The van der Waals surface area contributed by atoms with E-state index in [2.05, 4.69) is 17.6 Å². The number of amides is 1. The summed E-state index contributed by atoms with van der Waals surface area (Å²) >= 11 is 0. The van der Waals surface area contributed by atoms with Crippen LogP contribution in [0.5, 0.6) is 5.75 Å². The third kappa shape index (κ3) is 4.07. The van der Waals surface area contributed by atoms with E-state index >= 15 is 0 Å². The number of phenolic OH excluding ortho intramolecular Hbond substituents is 1. The quantitative estimate of drug-likeness (QED) is 0.790. The van der Waals surface area contributed by atoms with Crippen molar-refractivity contribution in [1.82, 2.24) is 5.32 Å². The van der Waals surface area contributed by atoms with Gasteiger partial charge in [-0.15, -0.1) is 0 Å². The molecule has 3 N–H and O–H groups in total. The summed E-state index contributed by atoms with van der Waals surface area (Å²) in [6.45, 7) is 5.67. The number of carbonyl (C=O) groups is 1. The van der Waals surface area contributed by atoms with Gasteiger partial charge in [-0.05, 0) is 43.3 Å². The minimum Gasteiger partial charge on any atom is -0.507 e. The second kappa shape index (κ2) is 6.90. The molecule has 0 bridgehead atoms. The minimum absolute atomic E-state index is 0.0122. The van der Waals surface area contributed by atoms with Gasteiger partial charge in [0.2, 0.25) is 0 Å². The molecular formula is C17H20N2O2. The lowest BCUT2D eigenvalue weighted by atomic mass is 10.1. The van der Waals surface area contributed by atoms with Gasteiger partial charge in [0.1, 0.15) is 5.75 Å². The third-order valence-corrected chi connectivity index (χ3v) is 3.19. The molecule has 21 heavy (non-hydrogen) atoms. The van der Waals surface area contributed by atoms with Crippen LogP contribution >= 0.6 is 0 Å². The molecule has 0 aliphatic carbocycles. The van der Waals surface area contributed by atoms with E-state index in [1.165, 1.54) is 6.07 Å². The zero-order valence-corrected chi connectivity index (χ0v) is 12.3. The maximum Gasteiger partial charge on any atom is 0.259 e. The van der Waals surface area contributed by atoms with Crippen molar-refractivity contribution in [2.75, 3.05) is 11.9 Å². The molecule has 0 saturated heterocycles. The van der Waals surface area contributed by atoms with Gasteiger partial charge in [0.15, 0.2) is 0 Å². The molecule has 0 spiro atoms. The Balaban J connectivity index is 2.07. The van der Waals surface area contributed by atoms with Crippen molar-refractivity contribution in [1.29, 1.82) is 0 Å². The summed E-state index contributed by atoms with van der Waals surface area (Å²) < 4.78 is 0. The Morgan fingerprint density at radius 2 is 1.86 bits per heavy atom. The topological polar surface area (TPSA) is 61.4 Å². The summed E-state index contributed by atoms with van der Waals surface area (Å²) in [7, 11) is 0. The summed E-state index contributed by atoms with van der Waals surface area (Å²) in [4.78, 5) is 12.2. The van der Waals surface area contributed by atoms with Gasteiger partial charge < -0.3 is 15.7 Å².